The van der Waals surface area contributed by atoms with Crippen LogP contribution in [0.3, 0.4) is 0 Å². The van der Waals surface area contributed by atoms with E-state index in [-0.39, 0.29) is 29.5 Å². The van der Waals surface area contributed by atoms with Crippen molar-refractivity contribution in [3.8, 4) is 0 Å². The standard InChI is InChI=1S/C19H32N4OS.HI/c1-4-20-19(22-16-10-11-17(14-16)25-3)21-12-5-6-13-23-15(2)8-7-9-18(23)24;/h7-9,16-17H,4-6,10-14H2,1-3H3,(H2,20,21,22);1H. The van der Waals surface area contributed by atoms with Crippen LogP contribution < -0.4 is 16.2 Å². The lowest BCUT2D eigenvalue weighted by molar-refractivity contribution is 0.581. The predicted molar refractivity (Wildman–Crippen MR) is 124 cm³/mol. The van der Waals surface area contributed by atoms with Crippen molar-refractivity contribution in [2.45, 2.75) is 63.8 Å². The van der Waals surface area contributed by atoms with E-state index in [0.717, 1.165) is 49.4 Å². The van der Waals surface area contributed by atoms with Crippen molar-refractivity contribution in [2.24, 2.45) is 4.99 Å². The third-order valence-corrected chi connectivity index (χ3v) is 5.83. The minimum atomic E-state index is 0. The Labute approximate surface area is 178 Å². The van der Waals surface area contributed by atoms with E-state index in [4.69, 9.17) is 4.99 Å². The number of pyridine rings is 1. The first-order valence-electron chi connectivity index (χ1n) is 9.38. The van der Waals surface area contributed by atoms with Gasteiger partial charge in [-0.3, -0.25) is 9.79 Å². The summed E-state index contributed by atoms with van der Waals surface area (Å²) in [5, 5.41) is 7.71. The van der Waals surface area contributed by atoms with Gasteiger partial charge in [0.2, 0.25) is 0 Å². The van der Waals surface area contributed by atoms with Gasteiger partial charge in [0.15, 0.2) is 5.96 Å². The van der Waals surface area contributed by atoms with Gasteiger partial charge in [0.05, 0.1) is 0 Å². The molecule has 1 saturated carbocycles. The first-order chi connectivity index (χ1) is 12.1. The lowest BCUT2D eigenvalue weighted by atomic mass is 10.2. The summed E-state index contributed by atoms with van der Waals surface area (Å²) in [6.45, 7) is 6.51. The smallest absolute Gasteiger partial charge is 0.250 e. The second-order valence-corrected chi connectivity index (χ2v) is 7.77. The highest BCUT2D eigenvalue weighted by Gasteiger charge is 2.24. The van der Waals surface area contributed by atoms with Crippen LogP contribution in [-0.4, -0.2) is 41.2 Å². The van der Waals surface area contributed by atoms with E-state index in [0.29, 0.717) is 6.04 Å². The zero-order valence-corrected chi connectivity index (χ0v) is 19.3. The Kier molecular flexibility index (Phi) is 11.4. The van der Waals surface area contributed by atoms with Gasteiger partial charge in [0.25, 0.3) is 5.56 Å². The van der Waals surface area contributed by atoms with Gasteiger partial charge < -0.3 is 15.2 Å². The fraction of sp³-hybridized carbons (Fsp3) is 0.684. The van der Waals surface area contributed by atoms with E-state index in [1.807, 2.05) is 35.4 Å². The SMILES string of the molecule is CCNC(=NCCCCn1c(C)cccc1=O)NC1CCC(SC)C1.I. The van der Waals surface area contributed by atoms with Crippen LogP contribution in [-0.2, 0) is 6.54 Å². The number of nitrogens with one attached hydrogen (secondary N) is 2. The summed E-state index contributed by atoms with van der Waals surface area (Å²) in [5.74, 6) is 0.933. The molecule has 2 N–H and O–H groups in total. The summed E-state index contributed by atoms with van der Waals surface area (Å²) >= 11 is 1.97. The first kappa shape index (κ1) is 23.3. The highest BCUT2D eigenvalue weighted by molar-refractivity contribution is 14.0. The summed E-state index contributed by atoms with van der Waals surface area (Å²) < 4.78 is 1.84. The van der Waals surface area contributed by atoms with Gasteiger partial charge in [0, 0.05) is 42.7 Å². The molecule has 7 heteroatoms. The Hall–Kier alpha value is -0.700. The molecule has 0 bridgehead atoms. The predicted octanol–water partition coefficient (Wildman–Crippen LogP) is 3.39. The number of rotatable bonds is 8. The molecule has 2 unspecified atom stereocenters. The number of thioether (sulfide) groups is 1. The Morgan fingerprint density at radius 3 is 2.81 bits per heavy atom. The number of hydrogen-bond donors (Lipinski definition) is 2. The van der Waals surface area contributed by atoms with Crippen molar-refractivity contribution in [3.05, 3.63) is 34.2 Å². The second kappa shape index (κ2) is 12.6. The number of aromatic nitrogens is 1. The third-order valence-electron chi connectivity index (χ3n) is 4.73. The van der Waals surface area contributed by atoms with Crippen LogP contribution in [0.1, 0.15) is 44.7 Å². The van der Waals surface area contributed by atoms with Gasteiger partial charge in [-0.1, -0.05) is 6.07 Å². The van der Waals surface area contributed by atoms with Crippen molar-refractivity contribution in [3.63, 3.8) is 0 Å². The molecule has 0 radical (unpaired) electrons. The van der Waals surface area contributed by atoms with Crippen LogP contribution in [0.25, 0.3) is 0 Å². The summed E-state index contributed by atoms with van der Waals surface area (Å²) in [4.78, 5) is 16.6. The molecule has 148 valence electrons. The quantitative estimate of drug-likeness (QED) is 0.253. The maximum Gasteiger partial charge on any atom is 0.250 e. The number of unbranched alkanes of at least 4 members (excludes halogenated alkanes) is 1. The number of aryl methyl sites for hydroxylation is 1. The minimum Gasteiger partial charge on any atom is -0.357 e. The molecule has 0 spiro atoms. The van der Waals surface area contributed by atoms with E-state index in [1.165, 1.54) is 19.3 Å². The molecule has 5 nitrogen and oxygen atoms in total. The fourth-order valence-electron chi connectivity index (χ4n) is 3.28. The van der Waals surface area contributed by atoms with Gasteiger partial charge in [-0.05, 0) is 58.3 Å². The van der Waals surface area contributed by atoms with E-state index in [1.54, 1.807) is 6.07 Å². The highest BCUT2D eigenvalue weighted by Crippen LogP contribution is 2.27. The molecule has 2 atom stereocenters. The van der Waals surface area contributed by atoms with E-state index >= 15 is 0 Å². The Bertz CT molecular complexity index is 620. The van der Waals surface area contributed by atoms with Crippen molar-refractivity contribution in [1.82, 2.24) is 15.2 Å². The molecule has 0 aromatic carbocycles. The molecule has 1 aliphatic carbocycles. The molecule has 26 heavy (non-hydrogen) atoms. The van der Waals surface area contributed by atoms with Crippen LogP contribution in [0, 0.1) is 6.92 Å². The number of hydrogen-bond acceptors (Lipinski definition) is 3. The molecule has 0 aliphatic heterocycles. The summed E-state index contributed by atoms with van der Waals surface area (Å²) in [6.07, 6.45) is 7.89. The molecule has 0 saturated heterocycles. The van der Waals surface area contributed by atoms with Gasteiger partial charge in [-0.15, -0.1) is 24.0 Å². The Balaban J connectivity index is 0.00000338. The number of guanidine groups is 1. The Morgan fingerprint density at radius 1 is 1.35 bits per heavy atom. The van der Waals surface area contributed by atoms with Crippen molar-refractivity contribution < 1.29 is 0 Å². The molecule has 1 aromatic heterocycles. The second-order valence-electron chi connectivity index (χ2n) is 6.64. The van der Waals surface area contributed by atoms with E-state index < -0.39 is 0 Å². The third kappa shape index (κ3) is 7.50. The van der Waals surface area contributed by atoms with Crippen LogP contribution >= 0.6 is 35.7 Å². The zero-order valence-electron chi connectivity index (χ0n) is 16.2. The van der Waals surface area contributed by atoms with E-state index in [2.05, 4.69) is 23.8 Å². The lowest BCUT2D eigenvalue weighted by Gasteiger charge is -2.17. The first-order valence-corrected chi connectivity index (χ1v) is 10.7. The molecule has 1 aliphatic rings. The van der Waals surface area contributed by atoms with Crippen LogP contribution in [0.15, 0.2) is 28.0 Å². The van der Waals surface area contributed by atoms with Crippen molar-refractivity contribution >= 4 is 41.7 Å². The Morgan fingerprint density at radius 2 is 2.15 bits per heavy atom. The van der Waals surface area contributed by atoms with Gasteiger partial charge in [0.1, 0.15) is 0 Å². The summed E-state index contributed by atoms with van der Waals surface area (Å²) in [6, 6.07) is 5.97. The molecule has 1 aromatic rings. The van der Waals surface area contributed by atoms with Crippen LogP contribution in [0.4, 0.5) is 0 Å². The summed E-state index contributed by atoms with van der Waals surface area (Å²) in [7, 11) is 0. The molecule has 1 heterocycles. The number of nitrogens with zero attached hydrogens (tertiary/aromatic N) is 2. The van der Waals surface area contributed by atoms with Crippen molar-refractivity contribution in [1.29, 1.82) is 0 Å². The molecular formula is C19H33IN4OS. The molecule has 2 rings (SSSR count). The largest absolute Gasteiger partial charge is 0.357 e. The van der Waals surface area contributed by atoms with Gasteiger partial charge in [-0.2, -0.15) is 11.8 Å². The topological polar surface area (TPSA) is 58.4 Å². The molecular weight excluding hydrogens is 459 g/mol. The average molecular weight is 492 g/mol. The monoisotopic (exact) mass is 492 g/mol. The maximum atomic E-state index is 11.9. The zero-order chi connectivity index (χ0) is 18.1. The van der Waals surface area contributed by atoms with Crippen LogP contribution in [0.5, 0.6) is 0 Å². The van der Waals surface area contributed by atoms with Crippen LogP contribution in [0.2, 0.25) is 0 Å². The number of halogens is 1. The van der Waals surface area contributed by atoms with E-state index in [9.17, 15) is 4.79 Å². The van der Waals surface area contributed by atoms with Gasteiger partial charge >= 0.3 is 0 Å². The highest BCUT2D eigenvalue weighted by atomic mass is 127. The lowest BCUT2D eigenvalue weighted by Crippen LogP contribution is -2.42. The van der Waals surface area contributed by atoms with Crippen molar-refractivity contribution in [2.75, 3.05) is 19.3 Å². The summed E-state index contributed by atoms with van der Waals surface area (Å²) in [5.41, 5.74) is 1.11. The number of aliphatic imine (C=N–C) groups is 1. The maximum absolute atomic E-state index is 11.9. The minimum absolute atomic E-state index is 0. The normalized spacial score (nSPS) is 19.9. The fourth-order valence-corrected chi connectivity index (χ4v) is 4.08. The van der Waals surface area contributed by atoms with Gasteiger partial charge in [-0.25, -0.2) is 0 Å². The molecule has 1 fully saturated rings. The molecule has 0 amide bonds. The average Bonchev–Trinajstić information content (AvgIpc) is 3.04.